The number of thiocarbonyl (C=S) groups is 1. The van der Waals surface area contributed by atoms with Crippen molar-refractivity contribution in [2.24, 2.45) is 4.99 Å². The molecule has 0 aliphatic carbocycles. The van der Waals surface area contributed by atoms with E-state index in [1.165, 1.54) is 0 Å². The Hall–Kier alpha value is -1.09. The molecule has 1 aromatic heterocycles. The maximum atomic E-state index is 5.10. The first-order valence-corrected chi connectivity index (χ1v) is 3.85. The van der Waals surface area contributed by atoms with E-state index in [0.717, 1.165) is 5.69 Å². The number of aliphatic imine (C=N–C) groups is 1. The van der Waals surface area contributed by atoms with Gasteiger partial charge in [-0.2, -0.15) is 0 Å². The van der Waals surface area contributed by atoms with E-state index in [-0.39, 0.29) is 6.73 Å². The second-order valence-corrected chi connectivity index (χ2v) is 2.23. The Kier molecular flexibility index (Phi) is 4.16. The van der Waals surface area contributed by atoms with Crippen molar-refractivity contribution in [3.63, 3.8) is 0 Å². The highest BCUT2D eigenvalue weighted by Crippen LogP contribution is 1.95. The average Bonchev–Trinajstić information content (AvgIpc) is 2.14. The van der Waals surface area contributed by atoms with E-state index in [1.807, 2.05) is 18.2 Å². The molecule has 0 aliphatic rings. The Bertz CT molecular complexity index is 270. The summed E-state index contributed by atoms with van der Waals surface area (Å²) in [6.07, 6.45) is 1.72. The molecule has 1 rings (SSSR count). The zero-order chi connectivity index (χ0) is 8.65. The summed E-state index contributed by atoms with van der Waals surface area (Å²) in [6, 6.07) is 5.66. The first kappa shape index (κ1) is 9.00. The van der Waals surface area contributed by atoms with E-state index in [1.54, 1.807) is 6.20 Å². The monoisotopic (exact) mass is 180 g/mol. The third-order valence-corrected chi connectivity index (χ3v) is 1.33. The fourth-order valence-corrected chi connectivity index (χ4v) is 0.758. The second-order valence-electron chi connectivity index (χ2n) is 2.05. The molecule has 0 unspecified atom stereocenters. The van der Waals surface area contributed by atoms with E-state index in [4.69, 9.17) is 4.74 Å². The zero-order valence-corrected chi connectivity index (χ0v) is 7.25. The van der Waals surface area contributed by atoms with Crippen molar-refractivity contribution in [1.82, 2.24) is 4.98 Å². The largest absolute Gasteiger partial charge is 0.352 e. The van der Waals surface area contributed by atoms with E-state index in [9.17, 15) is 0 Å². The van der Waals surface area contributed by atoms with Crippen LogP contribution < -0.4 is 0 Å². The smallest absolute Gasteiger partial charge is 0.148 e. The SMILES string of the molecule is S=C=NCOCc1ccccn1. The topological polar surface area (TPSA) is 34.5 Å². The van der Waals surface area contributed by atoms with Crippen molar-refractivity contribution in [1.29, 1.82) is 0 Å². The summed E-state index contributed by atoms with van der Waals surface area (Å²) in [4.78, 5) is 7.66. The predicted molar refractivity (Wildman–Crippen MR) is 48.9 cm³/mol. The molecule has 0 spiro atoms. The van der Waals surface area contributed by atoms with Crippen LogP contribution in [-0.2, 0) is 11.3 Å². The lowest BCUT2D eigenvalue weighted by Gasteiger charge is -1.97. The Morgan fingerprint density at radius 2 is 2.50 bits per heavy atom. The van der Waals surface area contributed by atoms with Crippen molar-refractivity contribution >= 4 is 17.4 Å². The average molecular weight is 180 g/mol. The molecule has 0 amide bonds. The number of hydrogen-bond donors (Lipinski definition) is 0. The summed E-state index contributed by atoms with van der Waals surface area (Å²) >= 11 is 4.37. The molecule has 0 radical (unpaired) electrons. The Labute approximate surface area is 76.1 Å². The first-order chi connectivity index (χ1) is 5.93. The Morgan fingerprint density at radius 3 is 3.17 bits per heavy atom. The van der Waals surface area contributed by atoms with Gasteiger partial charge in [0.1, 0.15) is 6.73 Å². The van der Waals surface area contributed by atoms with Gasteiger partial charge in [0.25, 0.3) is 0 Å². The number of rotatable bonds is 4. The van der Waals surface area contributed by atoms with Crippen LogP contribution in [0.15, 0.2) is 29.4 Å². The van der Waals surface area contributed by atoms with Gasteiger partial charge in [0, 0.05) is 6.20 Å². The van der Waals surface area contributed by atoms with E-state index >= 15 is 0 Å². The molecule has 4 heteroatoms. The molecule has 3 nitrogen and oxygen atoms in total. The number of aromatic nitrogens is 1. The predicted octanol–water partition coefficient (Wildman–Crippen LogP) is 1.66. The Balaban J connectivity index is 2.29. The number of isothiocyanates is 1. The molecule has 1 heterocycles. The van der Waals surface area contributed by atoms with Crippen LogP contribution in [0.3, 0.4) is 0 Å². The fourth-order valence-electron chi connectivity index (χ4n) is 0.706. The molecule has 0 N–H and O–H groups in total. The molecule has 62 valence electrons. The number of nitrogens with zero attached hydrogens (tertiary/aromatic N) is 2. The summed E-state index contributed by atoms with van der Waals surface area (Å²) in [7, 11) is 0. The summed E-state index contributed by atoms with van der Waals surface area (Å²) in [5.74, 6) is 0. The summed E-state index contributed by atoms with van der Waals surface area (Å²) < 4.78 is 5.10. The molecule has 0 bridgehead atoms. The zero-order valence-electron chi connectivity index (χ0n) is 6.43. The van der Waals surface area contributed by atoms with Crippen LogP contribution >= 0.6 is 12.2 Å². The molecule has 1 aromatic rings. The van der Waals surface area contributed by atoms with E-state index < -0.39 is 0 Å². The molecule has 0 atom stereocenters. The van der Waals surface area contributed by atoms with Crippen molar-refractivity contribution in [3.05, 3.63) is 30.1 Å². The van der Waals surface area contributed by atoms with E-state index in [2.05, 4.69) is 27.4 Å². The van der Waals surface area contributed by atoms with Crippen LogP contribution in [0.1, 0.15) is 5.69 Å². The lowest BCUT2D eigenvalue weighted by Crippen LogP contribution is -1.94. The maximum absolute atomic E-state index is 5.10. The van der Waals surface area contributed by atoms with Crippen LogP contribution in [0.2, 0.25) is 0 Å². The maximum Gasteiger partial charge on any atom is 0.148 e. The minimum atomic E-state index is 0.250. The van der Waals surface area contributed by atoms with E-state index in [0.29, 0.717) is 6.61 Å². The van der Waals surface area contributed by atoms with Gasteiger partial charge >= 0.3 is 0 Å². The summed E-state index contributed by atoms with van der Waals surface area (Å²) in [5, 5.41) is 2.22. The highest BCUT2D eigenvalue weighted by molar-refractivity contribution is 7.78. The van der Waals surface area contributed by atoms with Gasteiger partial charge in [-0.15, -0.1) is 0 Å². The lowest BCUT2D eigenvalue weighted by molar-refractivity contribution is 0.126. The number of ether oxygens (including phenoxy) is 1. The van der Waals surface area contributed by atoms with Gasteiger partial charge in [-0.1, -0.05) is 6.07 Å². The van der Waals surface area contributed by atoms with Crippen molar-refractivity contribution < 1.29 is 4.74 Å². The van der Waals surface area contributed by atoms with Gasteiger partial charge < -0.3 is 4.74 Å². The number of hydrogen-bond acceptors (Lipinski definition) is 4. The molecule has 0 aromatic carbocycles. The minimum Gasteiger partial charge on any atom is -0.352 e. The van der Waals surface area contributed by atoms with Crippen LogP contribution in [0.5, 0.6) is 0 Å². The standard InChI is InChI=1S/C8H8N2OS/c12-7-9-6-11-5-8-3-1-2-4-10-8/h1-4H,5-6H2. The molecule has 0 aliphatic heterocycles. The van der Waals surface area contributed by atoms with Crippen molar-refractivity contribution in [2.75, 3.05) is 6.73 Å². The summed E-state index contributed by atoms with van der Waals surface area (Å²) in [6.45, 7) is 0.710. The first-order valence-electron chi connectivity index (χ1n) is 3.45. The lowest BCUT2D eigenvalue weighted by atomic mass is 10.4. The molecular formula is C8H8N2OS. The quantitative estimate of drug-likeness (QED) is 0.401. The number of pyridine rings is 1. The third kappa shape index (κ3) is 3.34. The summed E-state index contributed by atoms with van der Waals surface area (Å²) in [5.41, 5.74) is 0.886. The van der Waals surface area contributed by atoms with Crippen LogP contribution in [0.4, 0.5) is 0 Å². The van der Waals surface area contributed by atoms with Gasteiger partial charge in [-0.25, -0.2) is 4.99 Å². The van der Waals surface area contributed by atoms with Gasteiger partial charge in [-0.05, 0) is 24.4 Å². The van der Waals surface area contributed by atoms with Crippen LogP contribution in [0.25, 0.3) is 0 Å². The van der Waals surface area contributed by atoms with Crippen LogP contribution in [0, 0.1) is 0 Å². The molecule has 12 heavy (non-hydrogen) atoms. The Morgan fingerprint density at radius 1 is 1.58 bits per heavy atom. The van der Waals surface area contributed by atoms with Gasteiger partial charge in [0.15, 0.2) is 0 Å². The van der Waals surface area contributed by atoms with Gasteiger partial charge in [0.2, 0.25) is 0 Å². The second kappa shape index (κ2) is 5.55. The molecule has 0 fully saturated rings. The third-order valence-electron chi connectivity index (χ3n) is 1.20. The molecule has 0 saturated heterocycles. The van der Waals surface area contributed by atoms with Crippen molar-refractivity contribution in [2.45, 2.75) is 6.61 Å². The normalized spacial score (nSPS) is 9.00. The van der Waals surface area contributed by atoms with Gasteiger partial charge in [0.05, 0.1) is 17.5 Å². The van der Waals surface area contributed by atoms with Gasteiger partial charge in [-0.3, -0.25) is 4.98 Å². The van der Waals surface area contributed by atoms with Crippen molar-refractivity contribution in [3.8, 4) is 0 Å². The highest BCUT2D eigenvalue weighted by atomic mass is 32.1. The fraction of sp³-hybridized carbons (Fsp3) is 0.250. The highest BCUT2D eigenvalue weighted by Gasteiger charge is 1.90. The van der Waals surface area contributed by atoms with Crippen LogP contribution in [-0.4, -0.2) is 16.9 Å². The minimum absolute atomic E-state index is 0.250. The molecular weight excluding hydrogens is 172 g/mol. The molecule has 0 saturated carbocycles.